The number of carbonyl (C=O) groups excluding carboxylic acids is 2. The normalized spacial score (nSPS) is 18.5. The van der Waals surface area contributed by atoms with E-state index in [0.29, 0.717) is 30.0 Å². The second-order valence-electron chi connectivity index (χ2n) is 9.25. The summed E-state index contributed by atoms with van der Waals surface area (Å²) in [7, 11) is 5.41. The molecule has 0 bridgehead atoms. The summed E-state index contributed by atoms with van der Waals surface area (Å²) in [6.07, 6.45) is 3.26. The summed E-state index contributed by atoms with van der Waals surface area (Å²) in [6.45, 7) is 7.07. The quantitative estimate of drug-likeness (QED) is 0.424. The minimum Gasteiger partial charge on any atom is -0.507 e. The van der Waals surface area contributed by atoms with Gasteiger partial charge in [-0.3, -0.25) is 14.6 Å². The number of carbonyl (C=O) groups is 2. The molecule has 0 spiro atoms. The maximum Gasteiger partial charge on any atom is 0.295 e. The SMILES string of the molecule is COc1ccc(/C(O)=C2/C(=O)C(=O)N(CCN(C)C)C2c2cccnc2)cc1C(C)(C)C. The molecule has 32 heavy (non-hydrogen) atoms. The fourth-order valence-corrected chi connectivity index (χ4v) is 3.90. The molecule has 1 saturated heterocycles. The zero-order chi connectivity index (χ0) is 23.6. The van der Waals surface area contributed by atoms with Gasteiger partial charge in [-0.05, 0) is 49.3 Å². The highest BCUT2D eigenvalue weighted by Crippen LogP contribution is 2.40. The number of hydrogen-bond donors (Lipinski definition) is 1. The van der Waals surface area contributed by atoms with Crippen molar-refractivity contribution in [2.45, 2.75) is 32.2 Å². The van der Waals surface area contributed by atoms with E-state index in [4.69, 9.17) is 4.74 Å². The number of likely N-dealkylation sites (tertiary alicyclic amines) is 1. The second-order valence-corrected chi connectivity index (χ2v) is 9.25. The molecule has 7 nitrogen and oxygen atoms in total. The third-order valence-corrected chi connectivity index (χ3v) is 5.61. The third kappa shape index (κ3) is 4.53. The van der Waals surface area contributed by atoms with Crippen LogP contribution in [0.4, 0.5) is 0 Å². The van der Waals surface area contributed by atoms with E-state index >= 15 is 0 Å². The number of ether oxygens (including phenoxy) is 1. The fourth-order valence-electron chi connectivity index (χ4n) is 3.90. The summed E-state index contributed by atoms with van der Waals surface area (Å²) in [6, 6.07) is 8.17. The standard InChI is InChI=1S/C25H31N3O4/c1-25(2,3)18-14-16(9-10-19(18)32-6)22(29)20-21(17-8-7-11-26-15-17)28(13-12-27(4)5)24(31)23(20)30/h7-11,14-15,21,29H,12-13H2,1-6H3/b22-20-. The maximum atomic E-state index is 13.1. The van der Waals surface area contributed by atoms with Crippen molar-refractivity contribution in [3.63, 3.8) is 0 Å². The Morgan fingerprint density at radius 1 is 1.22 bits per heavy atom. The van der Waals surface area contributed by atoms with Crippen LogP contribution in [0, 0.1) is 0 Å². The van der Waals surface area contributed by atoms with Gasteiger partial charge in [0.1, 0.15) is 11.5 Å². The van der Waals surface area contributed by atoms with Crippen molar-refractivity contribution in [3.8, 4) is 5.75 Å². The highest BCUT2D eigenvalue weighted by molar-refractivity contribution is 6.46. The molecular weight excluding hydrogens is 406 g/mol. The summed E-state index contributed by atoms with van der Waals surface area (Å²) in [4.78, 5) is 33.7. The van der Waals surface area contributed by atoms with Gasteiger partial charge in [0.25, 0.3) is 11.7 Å². The van der Waals surface area contributed by atoms with Crippen molar-refractivity contribution < 1.29 is 19.4 Å². The number of hydrogen-bond acceptors (Lipinski definition) is 6. The molecule has 3 rings (SSSR count). The second kappa shape index (κ2) is 9.12. The lowest BCUT2D eigenvalue weighted by atomic mass is 9.84. The van der Waals surface area contributed by atoms with Crippen LogP contribution in [0.15, 0.2) is 48.3 Å². The largest absolute Gasteiger partial charge is 0.507 e. The summed E-state index contributed by atoms with van der Waals surface area (Å²) in [5, 5.41) is 11.3. The minimum atomic E-state index is -0.705. The Kier molecular flexibility index (Phi) is 6.69. The molecule has 1 amide bonds. The Morgan fingerprint density at radius 3 is 2.50 bits per heavy atom. The van der Waals surface area contributed by atoms with E-state index in [1.54, 1.807) is 37.7 Å². The van der Waals surface area contributed by atoms with Gasteiger partial charge in [-0.2, -0.15) is 0 Å². The van der Waals surface area contributed by atoms with E-state index in [1.165, 1.54) is 4.90 Å². The number of ketones is 1. The molecule has 2 aromatic rings. The van der Waals surface area contributed by atoms with Crippen LogP contribution in [0.3, 0.4) is 0 Å². The lowest BCUT2D eigenvalue weighted by Crippen LogP contribution is -2.35. The van der Waals surface area contributed by atoms with E-state index in [-0.39, 0.29) is 16.7 Å². The first kappa shape index (κ1) is 23.5. The number of amides is 1. The Hall–Kier alpha value is -3.19. The van der Waals surface area contributed by atoms with Gasteiger partial charge in [-0.1, -0.05) is 26.8 Å². The molecular formula is C25H31N3O4. The van der Waals surface area contributed by atoms with E-state index in [1.807, 2.05) is 51.9 Å². The number of likely N-dealkylation sites (N-methyl/N-ethyl adjacent to an activating group) is 1. The number of benzene rings is 1. The number of aliphatic hydroxyl groups is 1. The zero-order valence-electron chi connectivity index (χ0n) is 19.5. The highest BCUT2D eigenvalue weighted by Gasteiger charge is 2.46. The van der Waals surface area contributed by atoms with Gasteiger partial charge >= 0.3 is 0 Å². The molecule has 1 atom stereocenters. The summed E-state index contributed by atoms with van der Waals surface area (Å²) in [5.41, 5.74) is 1.87. The summed E-state index contributed by atoms with van der Waals surface area (Å²) in [5.74, 6) is -0.808. The molecule has 0 aliphatic carbocycles. The molecule has 1 aliphatic heterocycles. The van der Waals surface area contributed by atoms with E-state index < -0.39 is 17.7 Å². The van der Waals surface area contributed by atoms with Crippen LogP contribution in [0.25, 0.3) is 5.76 Å². The molecule has 7 heteroatoms. The molecule has 2 heterocycles. The monoisotopic (exact) mass is 437 g/mol. The van der Waals surface area contributed by atoms with Crippen LogP contribution >= 0.6 is 0 Å². The van der Waals surface area contributed by atoms with Crippen molar-refractivity contribution in [1.82, 2.24) is 14.8 Å². The Bertz CT molecular complexity index is 1040. The number of nitrogens with zero attached hydrogens (tertiary/aromatic N) is 3. The van der Waals surface area contributed by atoms with Crippen molar-refractivity contribution in [1.29, 1.82) is 0 Å². The molecule has 170 valence electrons. The van der Waals surface area contributed by atoms with Gasteiger partial charge in [0.2, 0.25) is 0 Å². The summed E-state index contributed by atoms with van der Waals surface area (Å²) < 4.78 is 5.49. The van der Waals surface area contributed by atoms with Gasteiger partial charge < -0.3 is 19.6 Å². The van der Waals surface area contributed by atoms with Gasteiger partial charge in [0.05, 0.1) is 18.7 Å². The molecule has 1 aromatic heterocycles. The van der Waals surface area contributed by atoms with E-state index in [9.17, 15) is 14.7 Å². The molecule has 1 aromatic carbocycles. The Balaban J connectivity index is 2.18. The first-order chi connectivity index (χ1) is 15.1. The molecule has 0 radical (unpaired) electrons. The number of aliphatic hydroxyl groups excluding tert-OH is 1. The lowest BCUT2D eigenvalue weighted by Gasteiger charge is -2.26. The smallest absolute Gasteiger partial charge is 0.295 e. The van der Waals surface area contributed by atoms with Gasteiger partial charge in [0, 0.05) is 36.6 Å². The van der Waals surface area contributed by atoms with Crippen molar-refractivity contribution in [2.75, 3.05) is 34.3 Å². The highest BCUT2D eigenvalue weighted by atomic mass is 16.5. The van der Waals surface area contributed by atoms with Crippen LogP contribution in [-0.2, 0) is 15.0 Å². The Labute approximate surface area is 189 Å². The predicted molar refractivity (Wildman–Crippen MR) is 123 cm³/mol. The predicted octanol–water partition coefficient (Wildman–Crippen LogP) is 3.37. The van der Waals surface area contributed by atoms with Crippen molar-refractivity contribution >= 4 is 17.4 Å². The lowest BCUT2D eigenvalue weighted by molar-refractivity contribution is -0.140. The fraction of sp³-hybridized carbons (Fsp3) is 0.400. The van der Waals surface area contributed by atoms with Crippen LogP contribution in [0.2, 0.25) is 0 Å². The number of aromatic nitrogens is 1. The summed E-state index contributed by atoms with van der Waals surface area (Å²) >= 11 is 0. The average molecular weight is 438 g/mol. The third-order valence-electron chi connectivity index (χ3n) is 5.61. The van der Waals surface area contributed by atoms with Crippen molar-refractivity contribution in [2.24, 2.45) is 0 Å². The molecule has 1 N–H and O–H groups in total. The topological polar surface area (TPSA) is 83.0 Å². The number of rotatable bonds is 6. The first-order valence-corrected chi connectivity index (χ1v) is 10.6. The van der Waals surface area contributed by atoms with Crippen LogP contribution in [0.5, 0.6) is 5.75 Å². The minimum absolute atomic E-state index is 0.0757. The number of methoxy groups -OCH3 is 1. The van der Waals surface area contributed by atoms with Crippen LogP contribution in [-0.4, -0.2) is 65.9 Å². The van der Waals surface area contributed by atoms with Crippen LogP contribution < -0.4 is 4.74 Å². The van der Waals surface area contributed by atoms with E-state index in [2.05, 4.69) is 4.98 Å². The van der Waals surface area contributed by atoms with Crippen LogP contribution in [0.1, 0.15) is 43.5 Å². The van der Waals surface area contributed by atoms with Crippen molar-refractivity contribution in [3.05, 3.63) is 65.0 Å². The number of Topliss-reactive ketones (excluding diaryl/α,β-unsaturated/α-hetero) is 1. The first-order valence-electron chi connectivity index (χ1n) is 10.6. The molecule has 1 unspecified atom stereocenters. The van der Waals surface area contributed by atoms with E-state index in [0.717, 1.165) is 5.56 Å². The molecule has 0 saturated carbocycles. The average Bonchev–Trinajstić information content (AvgIpc) is 3.01. The number of pyridine rings is 1. The maximum absolute atomic E-state index is 13.1. The Morgan fingerprint density at radius 2 is 1.94 bits per heavy atom. The molecule has 1 aliphatic rings. The van der Waals surface area contributed by atoms with Gasteiger partial charge in [0.15, 0.2) is 0 Å². The van der Waals surface area contributed by atoms with Gasteiger partial charge in [-0.15, -0.1) is 0 Å². The molecule has 1 fully saturated rings. The zero-order valence-corrected chi connectivity index (χ0v) is 19.5. The van der Waals surface area contributed by atoms with Gasteiger partial charge in [-0.25, -0.2) is 0 Å².